The van der Waals surface area contributed by atoms with E-state index < -0.39 is 0 Å². The number of halogens is 1. The van der Waals surface area contributed by atoms with Crippen LogP contribution in [0.4, 0.5) is 0 Å². The number of hydrogen-bond acceptors (Lipinski definition) is 3. The highest BCUT2D eigenvalue weighted by Crippen LogP contribution is 2.26. The van der Waals surface area contributed by atoms with Gasteiger partial charge < -0.3 is 9.51 Å². The van der Waals surface area contributed by atoms with Crippen molar-refractivity contribution in [2.45, 2.75) is 6.61 Å². The zero-order chi connectivity index (χ0) is 12.5. The molecular weight excluding hydrogens is 294 g/mol. The highest BCUT2D eigenvalue weighted by atomic mass is 79.9. The van der Waals surface area contributed by atoms with Crippen LogP contribution >= 0.6 is 15.9 Å². The lowest BCUT2D eigenvalue weighted by Crippen LogP contribution is -1.94. The van der Waals surface area contributed by atoms with Gasteiger partial charge in [-0.05, 0) is 40.2 Å². The number of aliphatic hydroxyl groups is 1. The van der Waals surface area contributed by atoms with Crippen molar-refractivity contribution in [3.8, 4) is 11.4 Å². The monoisotopic (exact) mass is 303 g/mol. The van der Waals surface area contributed by atoms with E-state index in [1.54, 1.807) is 6.20 Å². The van der Waals surface area contributed by atoms with Gasteiger partial charge in [-0.15, -0.1) is 0 Å². The van der Waals surface area contributed by atoms with Crippen molar-refractivity contribution in [2.24, 2.45) is 0 Å². The molecule has 0 atom stereocenters. The molecule has 0 saturated heterocycles. The Morgan fingerprint density at radius 1 is 1.22 bits per heavy atom. The second-order valence-corrected chi connectivity index (χ2v) is 4.68. The number of aliphatic hydroxyl groups excluding tert-OH is 1. The van der Waals surface area contributed by atoms with Crippen molar-refractivity contribution >= 4 is 21.6 Å². The number of hydrogen-bond donors (Lipinski definition) is 1. The second kappa shape index (κ2) is 4.51. The normalized spacial score (nSPS) is 11.0. The minimum absolute atomic E-state index is 0.0798. The number of pyridine rings is 2. The molecule has 90 valence electrons. The van der Waals surface area contributed by atoms with E-state index in [1.807, 2.05) is 40.9 Å². The van der Waals surface area contributed by atoms with Crippen molar-refractivity contribution in [3.63, 3.8) is 0 Å². The number of imidazole rings is 1. The van der Waals surface area contributed by atoms with Crippen LogP contribution in [0.3, 0.4) is 0 Å². The molecule has 5 heteroatoms. The Labute approximate surface area is 112 Å². The Morgan fingerprint density at radius 2 is 2.11 bits per heavy atom. The minimum Gasteiger partial charge on any atom is -0.390 e. The van der Waals surface area contributed by atoms with E-state index in [0.29, 0.717) is 5.69 Å². The van der Waals surface area contributed by atoms with Crippen LogP contribution in [0, 0.1) is 0 Å². The molecular formula is C13H10BrN3O. The molecule has 18 heavy (non-hydrogen) atoms. The predicted octanol–water partition coefficient (Wildman–Crippen LogP) is 2.65. The molecule has 0 radical (unpaired) electrons. The first kappa shape index (κ1) is 11.4. The molecule has 3 heterocycles. The predicted molar refractivity (Wildman–Crippen MR) is 72.0 cm³/mol. The first-order chi connectivity index (χ1) is 8.81. The minimum atomic E-state index is -0.0798. The first-order valence-corrected chi connectivity index (χ1v) is 6.28. The van der Waals surface area contributed by atoms with Gasteiger partial charge in [0.2, 0.25) is 0 Å². The van der Waals surface area contributed by atoms with E-state index in [1.165, 1.54) is 0 Å². The van der Waals surface area contributed by atoms with Gasteiger partial charge in [-0.3, -0.25) is 4.98 Å². The molecule has 0 aliphatic heterocycles. The highest BCUT2D eigenvalue weighted by Gasteiger charge is 2.15. The maximum atomic E-state index is 9.55. The van der Waals surface area contributed by atoms with Gasteiger partial charge in [-0.2, -0.15) is 0 Å². The van der Waals surface area contributed by atoms with E-state index in [9.17, 15) is 5.11 Å². The topological polar surface area (TPSA) is 50.4 Å². The number of aromatic nitrogens is 3. The average Bonchev–Trinajstić information content (AvgIpc) is 2.80. The first-order valence-electron chi connectivity index (χ1n) is 5.49. The van der Waals surface area contributed by atoms with Crippen molar-refractivity contribution < 1.29 is 5.11 Å². The summed E-state index contributed by atoms with van der Waals surface area (Å²) in [4.78, 5) is 8.83. The Balaban J connectivity index is 2.33. The lowest BCUT2D eigenvalue weighted by atomic mass is 10.2. The molecule has 3 aromatic heterocycles. The van der Waals surface area contributed by atoms with Crippen LogP contribution in [0.5, 0.6) is 0 Å². The summed E-state index contributed by atoms with van der Waals surface area (Å²) in [6.45, 7) is -0.0798. The van der Waals surface area contributed by atoms with Gasteiger partial charge in [0.05, 0.1) is 22.5 Å². The Morgan fingerprint density at radius 3 is 2.83 bits per heavy atom. The molecule has 3 rings (SSSR count). The largest absolute Gasteiger partial charge is 0.390 e. The number of nitrogens with zero attached hydrogens (tertiary/aromatic N) is 3. The Hall–Kier alpha value is -1.72. The third-order valence-corrected chi connectivity index (χ3v) is 3.38. The number of rotatable bonds is 2. The molecule has 0 bridgehead atoms. The van der Waals surface area contributed by atoms with Gasteiger partial charge in [0.1, 0.15) is 5.69 Å². The van der Waals surface area contributed by atoms with Crippen molar-refractivity contribution in [3.05, 3.63) is 52.9 Å². The highest BCUT2D eigenvalue weighted by molar-refractivity contribution is 9.10. The fourth-order valence-corrected chi connectivity index (χ4v) is 2.37. The van der Waals surface area contributed by atoms with Crippen LogP contribution in [-0.4, -0.2) is 19.5 Å². The molecule has 1 N–H and O–H groups in total. The summed E-state index contributed by atoms with van der Waals surface area (Å²) in [6.07, 6.45) is 3.60. The zero-order valence-electron chi connectivity index (χ0n) is 9.42. The molecule has 0 aliphatic carbocycles. The fourth-order valence-electron chi connectivity index (χ4n) is 1.94. The molecule has 0 spiro atoms. The van der Waals surface area contributed by atoms with Gasteiger partial charge in [-0.25, -0.2) is 4.98 Å². The standard InChI is InChI=1S/C13H10BrN3O/c14-9-4-3-7-17-11(8-18)12(16-13(9)17)10-5-1-2-6-15-10/h1-7,18H,8H2. The van der Waals surface area contributed by atoms with Crippen LogP contribution in [-0.2, 0) is 6.61 Å². The summed E-state index contributed by atoms with van der Waals surface area (Å²) in [7, 11) is 0. The lowest BCUT2D eigenvalue weighted by molar-refractivity contribution is 0.276. The maximum absolute atomic E-state index is 9.55. The molecule has 0 amide bonds. The van der Waals surface area contributed by atoms with Crippen molar-refractivity contribution in [2.75, 3.05) is 0 Å². The summed E-state index contributed by atoms with van der Waals surface area (Å²) < 4.78 is 2.76. The summed E-state index contributed by atoms with van der Waals surface area (Å²) in [5, 5.41) is 9.55. The third kappa shape index (κ3) is 1.72. The smallest absolute Gasteiger partial charge is 0.152 e. The van der Waals surface area contributed by atoms with Crippen LogP contribution in [0.2, 0.25) is 0 Å². The molecule has 4 nitrogen and oxygen atoms in total. The van der Waals surface area contributed by atoms with Crippen LogP contribution < -0.4 is 0 Å². The van der Waals surface area contributed by atoms with Crippen molar-refractivity contribution in [1.82, 2.24) is 14.4 Å². The van der Waals surface area contributed by atoms with E-state index >= 15 is 0 Å². The van der Waals surface area contributed by atoms with Crippen LogP contribution in [0.25, 0.3) is 17.0 Å². The van der Waals surface area contributed by atoms with Crippen LogP contribution in [0.15, 0.2) is 47.2 Å². The van der Waals surface area contributed by atoms with E-state index in [2.05, 4.69) is 25.9 Å². The van der Waals surface area contributed by atoms with E-state index in [4.69, 9.17) is 0 Å². The van der Waals surface area contributed by atoms with Gasteiger partial charge >= 0.3 is 0 Å². The van der Waals surface area contributed by atoms with Gasteiger partial charge in [0.25, 0.3) is 0 Å². The van der Waals surface area contributed by atoms with Gasteiger partial charge in [-0.1, -0.05) is 6.07 Å². The fraction of sp³-hybridized carbons (Fsp3) is 0.0769. The summed E-state index contributed by atoms with van der Waals surface area (Å²) in [5.41, 5.74) is 2.99. The number of fused-ring (bicyclic) bond motifs is 1. The second-order valence-electron chi connectivity index (χ2n) is 3.83. The molecule has 3 aromatic rings. The molecule has 0 aromatic carbocycles. The third-order valence-electron chi connectivity index (χ3n) is 2.76. The quantitative estimate of drug-likeness (QED) is 0.792. The molecule has 0 saturated carbocycles. The Bertz CT molecular complexity index is 694. The summed E-state index contributed by atoms with van der Waals surface area (Å²) >= 11 is 3.46. The SMILES string of the molecule is OCc1c(-c2ccccn2)nc2c(Br)cccn12. The Kier molecular flexibility index (Phi) is 2.85. The molecule has 0 aliphatic rings. The van der Waals surface area contributed by atoms with Gasteiger partial charge in [0.15, 0.2) is 5.65 Å². The average molecular weight is 304 g/mol. The van der Waals surface area contributed by atoms with E-state index in [0.717, 1.165) is 21.5 Å². The van der Waals surface area contributed by atoms with Gasteiger partial charge in [0, 0.05) is 12.4 Å². The van der Waals surface area contributed by atoms with Crippen molar-refractivity contribution in [1.29, 1.82) is 0 Å². The van der Waals surface area contributed by atoms with Crippen LogP contribution in [0.1, 0.15) is 5.69 Å². The lowest BCUT2D eigenvalue weighted by Gasteiger charge is -2.00. The molecule has 0 unspecified atom stereocenters. The maximum Gasteiger partial charge on any atom is 0.152 e. The summed E-state index contributed by atoms with van der Waals surface area (Å²) in [5.74, 6) is 0. The zero-order valence-corrected chi connectivity index (χ0v) is 11.0. The van der Waals surface area contributed by atoms with E-state index in [-0.39, 0.29) is 6.61 Å². The summed E-state index contributed by atoms with van der Waals surface area (Å²) in [6, 6.07) is 9.47. The molecule has 0 fully saturated rings.